The van der Waals surface area contributed by atoms with Crippen molar-refractivity contribution in [1.29, 1.82) is 0 Å². The summed E-state index contributed by atoms with van der Waals surface area (Å²) in [6.07, 6.45) is 6.47. The fourth-order valence-electron chi connectivity index (χ4n) is 3.02. The van der Waals surface area contributed by atoms with Gasteiger partial charge in [0.05, 0.1) is 6.04 Å². The normalized spacial score (nSPS) is 25.4. The first-order valence-corrected chi connectivity index (χ1v) is 6.18. The fourth-order valence-corrected chi connectivity index (χ4v) is 3.02. The van der Waals surface area contributed by atoms with Gasteiger partial charge in [-0.2, -0.15) is 10.1 Å². The van der Waals surface area contributed by atoms with Gasteiger partial charge in [0.2, 0.25) is 5.95 Å². The summed E-state index contributed by atoms with van der Waals surface area (Å²) in [6, 6.07) is 0.492. The van der Waals surface area contributed by atoms with Crippen molar-refractivity contribution in [2.24, 2.45) is 5.92 Å². The quantitative estimate of drug-likeness (QED) is 0.792. The van der Waals surface area contributed by atoms with Gasteiger partial charge in [-0.1, -0.05) is 12.8 Å². The minimum atomic E-state index is -0.0704. The molecule has 0 radical (unpaired) electrons. The maximum absolute atomic E-state index is 9.07. The molecule has 16 heavy (non-hydrogen) atoms. The van der Waals surface area contributed by atoms with Crippen molar-refractivity contribution in [1.82, 2.24) is 14.8 Å². The van der Waals surface area contributed by atoms with E-state index in [1.807, 2.05) is 4.68 Å². The zero-order chi connectivity index (χ0) is 11.0. The zero-order valence-corrected chi connectivity index (χ0v) is 9.39. The van der Waals surface area contributed by atoms with Crippen molar-refractivity contribution in [2.75, 3.05) is 11.9 Å². The van der Waals surface area contributed by atoms with Crippen molar-refractivity contribution >= 4 is 5.95 Å². The van der Waals surface area contributed by atoms with Crippen LogP contribution in [0.25, 0.3) is 0 Å². The van der Waals surface area contributed by atoms with Crippen molar-refractivity contribution in [3.8, 4) is 0 Å². The third-order valence-electron chi connectivity index (χ3n) is 3.80. The van der Waals surface area contributed by atoms with Crippen molar-refractivity contribution in [3.05, 3.63) is 5.82 Å². The van der Waals surface area contributed by atoms with Gasteiger partial charge in [-0.25, -0.2) is 4.68 Å². The Bertz CT molecular complexity index is 370. The highest BCUT2D eigenvalue weighted by atomic mass is 16.3. The van der Waals surface area contributed by atoms with E-state index in [-0.39, 0.29) is 6.61 Å². The standard InChI is InChI=1S/C11H18N4O/c16-7-10-13-11-12-6-5-9(15(11)14-10)8-3-1-2-4-8/h8-9,16H,1-7H2,(H,12,13,14). The van der Waals surface area contributed by atoms with Crippen LogP contribution in [0.4, 0.5) is 5.95 Å². The van der Waals surface area contributed by atoms with Crippen molar-refractivity contribution in [3.63, 3.8) is 0 Å². The van der Waals surface area contributed by atoms with Crippen LogP contribution in [0.3, 0.4) is 0 Å². The van der Waals surface area contributed by atoms with Crippen LogP contribution < -0.4 is 5.32 Å². The lowest BCUT2D eigenvalue weighted by atomic mass is 9.95. The first kappa shape index (κ1) is 10.1. The van der Waals surface area contributed by atoms with Gasteiger partial charge < -0.3 is 10.4 Å². The van der Waals surface area contributed by atoms with E-state index in [4.69, 9.17) is 5.11 Å². The Morgan fingerprint density at radius 1 is 1.31 bits per heavy atom. The van der Waals surface area contributed by atoms with Crippen LogP contribution in [-0.4, -0.2) is 26.4 Å². The SMILES string of the molecule is OCc1nc2n(n1)C(C1CCCC1)CCN2. The molecule has 1 aliphatic heterocycles. The monoisotopic (exact) mass is 222 g/mol. The number of anilines is 1. The molecule has 2 heterocycles. The Balaban J connectivity index is 1.89. The van der Waals surface area contributed by atoms with Crippen molar-refractivity contribution < 1.29 is 5.11 Å². The van der Waals surface area contributed by atoms with Crippen LogP contribution in [-0.2, 0) is 6.61 Å². The number of aliphatic hydroxyl groups is 1. The molecule has 1 fully saturated rings. The lowest BCUT2D eigenvalue weighted by Gasteiger charge is -2.28. The minimum Gasteiger partial charge on any atom is -0.388 e. The molecule has 2 N–H and O–H groups in total. The molecule has 0 aromatic carbocycles. The second-order valence-corrected chi connectivity index (χ2v) is 4.78. The highest BCUT2D eigenvalue weighted by molar-refractivity contribution is 5.28. The zero-order valence-electron chi connectivity index (χ0n) is 9.39. The van der Waals surface area contributed by atoms with Crippen LogP contribution in [0.1, 0.15) is 44.0 Å². The van der Waals surface area contributed by atoms with Gasteiger partial charge in [-0.3, -0.25) is 0 Å². The maximum atomic E-state index is 9.07. The molecular weight excluding hydrogens is 204 g/mol. The number of aliphatic hydroxyl groups excluding tert-OH is 1. The topological polar surface area (TPSA) is 63.0 Å². The average molecular weight is 222 g/mol. The van der Waals surface area contributed by atoms with Crippen LogP contribution in [0.2, 0.25) is 0 Å². The largest absolute Gasteiger partial charge is 0.388 e. The van der Waals surface area contributed by atoms with Gasteiger partial charge in [0.1, 0.15) is 6.61 Å². The summed E-state index contributed by atoms with van der Waals surface area (Å²) in [4.78, 5) is 4.28. The van der Waals surface area contributed by atoms with E-state index in [0.29, 0.717) is 11.9 Å². The summed E-state index contributed by atoms with van der Waals surface area (Å²) < 4.78 is 2.00. The van der Waals surface area contributed by atoms with Gasteiger partial charge in [0.15, 0.2) is 5.82 Å². The second-order valence-electron chi connectivity index (χ2n) is 4.78. The molecule has 5 heteroatoms. The molecule has 2 aliphatic rings. The van der Waals surface area contributed by atoms with E-state index in [1.165, 1.54) is 25.7 Å². The summed E-state index contributed by atoms with van der Waals surface area (Å²) in [5.41, 5.74) is 0. The Morgan fingerprint density at radius 2 is 2.12 bits per heavy atom. The number of hydrogen-bond acceptors (Lipinski definition) is 4. The molecule has 0 spiro atoms. The highest BCUT2D eigenvalue weighted by Crippen LogP contribution is 2.38. The molecule has 0 bridgehead atoms. The van der Waals surface area contributed by atoms with Gasteiger partial charge in [-0.15, -0.1) is 0 Å². The van der Waals surface area contributed by atoms with E-state index >= 15 is 0 Å². The summed E-state index contributed by atoms with van der Waals surface area (Å²) in [7, 11) is 0. The van der Waals surface area contributed by atoms with Gasteiger partial charge >= 0.3 is 0 Å². The summed E-state index contributed by atoms with van der Waals surface area (Å²) in [5, 5.41) is 16.7. The number of aromatic nitrogens is 3. The molecule has 3 rings (SSSR count). The molecule has 5 nitrogen and oxygen atoms in total. The second kappa shape index (κ2) is 4.05. The van der Waals surface area contributed by atoms with Crippen LogP contribution in [0.5, 0.6) is 0 Å². The third kappa shape index (κ3) is 1.59. The van der Waals surface area contributed by atoms with E-state index < -0.39 is 0 Å². The van der Waals surface area contributed by atoms with E-state index in [0.717, 1.165) is 24.8 Å². The summed E-state index contributed by atoms with van der Waals surface area (Å²) in [6.45, 7) is 0.907. The molecule has 1 atom stereocenters. The summed E-state index contributed by atoms with van der Waals surface area (Å²) in [5.74, 6) is 2.13. The Morgan fingerprint density at radius 3 is 2.88 bits per heavy atom. The molecular formula is C11H18N4O. The molecule has 1 aliphatic carbocycles. The summed E-state index contributed by atoms with van der Waals surface area (Å²) >= 11 is 0. The highest BCUT2D eigenvalue weighted by Gasteiger charge is 2.31. The van der Waals surface area contributed by atoms with E-state index in [9.17, 15) is 0 Å². The average Bonchev–Trinajstić information content (AvgIpc) is 2.97. The molecule has 1 unspecified atom stereocenters. The third-order valence-corrected chi connectivity index (χ3v) is 3.80. The first-order valence-electron chi connectivity index (χ1n) is 6.18. The predicted molar refractivity (Wildman–Crippen MR) is 60.0 cm³/mol. The van der Waals surface area contributed by atoms with Gasteiger partial charge in [0.25, 0.3) is 0 Å². The molecule has 88 valence electrons. The molecule has 1 aromatic rings. The molecule has 0 amide bonds. The molecule has 0 saturated heterocycles. The lowest BCUT2D eigenvalue weighted by Crippen LogP contribution is -2.28. The number of fused-ring (bicyclic) bond motifs is 1. The Kier molecular flexibility index (Phi) is 2.55. The van der Waals surface area contributed by atoms with E-state index in [1.54, 1.807) is 0 Å². The maximum Gasteiger partial charge on any atom is 0.221 e. The Hall–Kier alpha value is -1.10. The van der Waals surface area contributed by atoms with Crippen LogP contribution >= 0.6 is 0 Å². The Labute approximate surface area is 94.9 Å². The fraction of sp³-hybridized carbons (Fsp3) is 0.818. The predicted octanol–water partition coefficient (Wildman–Crippen LogP) is 1.32. The number of rotatable bonds is 2. The molecule has 1 saturated carbocycles. The smallest absolute Gasteiger partial charge is 0.221 e. The van der Waals surface area contributed by atoms with Crippen LogP contribution in [0.15, 0.2) is 0 Å². The van der Waals surface area contributed by atoms with E-state index in [2.05, 4.69) is 15.4 Å². The molecule has 1 aromatic heterocycles. The lowest BCUT2D eigenvalue weighted by molar-refractivity contribution is 0.261. The minimum absolute atomic E-state index is 0.0704. The number of nitrogens with zero attached hydrogens (tertiary/aromatic N) is 3. The van der Waals surface area contributed by atoms with Crippen molar-refractivity contribution in [2.45, 2.75) is 44.8 Å². The number of nitrogens with one attached hydrogen (secondary N) is 1. The first-order chi connectivity index (χ1) is 7.88. The van der Waals surface area contributed by atoms with Gasteiger partial charge in [-0.05, 0) is 25.2 Å². The number of hydrogen-bond donors (Lipinski definition) is 2. The van der Waals surface area contributed by atoms with Gasteiger partial charge in [0, 0.05) is 6.54 Å². The van der Waals surface area contributed by atoms with Crippen LogP contribution in [0, 0.1) is 5.92 Å².